The molecule has 1 aromatic heterocycles. The van der Waals surface area contributed by atoms with E-state index in [0.29, 0.717) is 37.8 Å². The molecule has 8 heteroatoms. The summed E-state index contributed by atoms with van der Waals surface area (Å²) in [5.41, 5.74) is 9.63. The lowest BCUT2D eigenvalue weighted by molar-refractivity contribution is -0.130. The molecule has 1 unspecified atom stereocenters. The summed E-state index contributed by atoms with van der Waals surface area (Å²) in [6.45, 7) is 9.86. The summed E-state index contributed by atoms with van der Waals surface area (Å²) in [5, 5.41) is 0. The lowest BCUT2D eigenvalue weighted by Gasteiger charge is -2.41. The lowest BCUT2D eigenvalue weighted by Crippen LogP contribution is -2.68. The van der Waals surface area contributed by atoms with Crippen LogP contribution >= 0.6 is 0 Å². The van der Waals surface area contributed by atoms with Crippen molar-refractivity contribution in [1.29, 1.82) is 0 Å². The molecule has 2 aliphatic rings. The standard InChI is InChI=1S/C18H29N6O2/c1-5-26-10-15-22-16-17(11(2)12(3)21-18(16)19)24(15,20)14-6-8-23(9-7-14)13(4)25/h14H,5-10,20H2,1-4H3,(H2,19,21)/q+1. The monoisotopic (exact) mass is 361 g/mol. The highest BCUT2D eigenvalue weighted by molar-refractivity contribution is 6.05. The fourth-order valence-corrected chi connectivity index (χ4v) is 4.01. The predicted octanol–water partition coefficient (Wildman–Crippen LogP) is 1.55. The molecule has 8 nitrogen and oxygen atoms in total. The summed E-state index contributed by atoms with van der Waals surface area (Å²) >= 11 is 0. The van der Waals surface area contributed by atoms with Crippen LogP contribution in [0.25, 0.3) is 0 Å². The van der Waals surface area contributed by atoms with Crippen molar-refractivity contribution in [2.75, 3.05) is 32.0 Å². The van der Waals surface area contributed by atoms with Crippen LogP contribution in [-0.4, -0.2) is 54.0 Å². The Morgan fingerprint density at radius 3 is 2.58 bits per heavy atom. The van der Waals surface area contributed by atoms with Gasteiger partial charge >= 0.3 is 0 Å². The van der Waals surface area contributed by atoms with Gasteiger partial charge in [-0.3, -0.25) is 4.79 Å². The number of piperidine rings is 1. The number of aryl methyl sites for hydroxylation is 1. The Hall–Kier alpha value is -2.03. The molecule has 1 aromatic rings. The number of fused-ring (bicyclic) bond motifs is 1. The Bertz CT molecular complexity index is 755. The Kier molecular flexibility index (Phi) is 5.01. The molecule has 0 aliphatic carbocycles. The number of carbonyl (C=O) groups is 1. The minimum Gasteiger partial charge on any atom is -0.382 e. The van der Waals surface area contributed by atoms with Gasteiger partial charge in [0.2, 0.25) is 5.91 Å². The zero-order valence-corrected chi connectivity index (χ0v) is 16.1. The van der Waals surface area contributed by atoms with Gasteiger partial charge in [0.25, 0.3) is 5.84 Å². The molecule has 3 heterocycles. The van der Waals surface area contributed by atoms with Crippen LogP contribution in [0.5, 0.6) is 0 Å². The van der Waals surface area contributed by atoms with Crippen LogP contribution in [0, 0.1) is 13.8 Å². The molecule has 142 valence electrons. The number of carbonyl (C=O) groups excluding carboxylic acids is 1. The maximum atomic E-state index is 11.7. The van der Waals surface area contributed by atoms with Crippen LogP contribution < -0.4 is 16.2 Å². The second-order valence-corrected chi connectivity index (χ2v) is 7.08. The highest BCUT2D eigenvalue weighted by Gasteiger charge is 2.51. The first-order chi connectivity index (χ1) is 12.3. The zero-order chi connectivity index (χ0) is 19.1. The fourth-order valence-electron chi connectivity index (χ4n) is 4.01. The van der Waals surface area contributed by atoms with Gasteiger partial charge in [-0.1, -0.05) is 0 Å². The highest BCUT2D eigenvalue weighted by Crippen LogP contribution is 2.47. The van der Waals surface area contributed by atoms with Gasteiger partial charge in [-0.25, -0.2) is 4.98 Å². The van der Waals surface area contributed by atoms with E-state index in [1.54, 1.807) is 6.92 Å². The molecule has 1 amide bonds. The van der Waals surface area contributed by atoms with E-state index in [2.05, 4.69) is 4.98 Å². The SMILES string of the molecule is CCOCC1=Nc2c(N)nc(C)c(C)c2[N+]1(N)C1CCN(C(C)=O)CC1. The number of rotatable bonds is 4. The normalized spacial score (nSPS) is 23.1. The average molecular weight is 361 g/mol. The van der Waals surface area contributed by atoms with E-state index in [-0.39, 0.29) is 16.5 Å². The molecule has 2 aliphatic heterocycles. The first kappa shape index (κ1) is 18.8. The average Bonchev–Trinajstić information content (AvgIpc) is 2.92. The smallest absolute Gasteiger partial charge is 0.254 e. The highest BCUT2D eigenvalue weighted by atomic mass is 16.5. The number of amides is 1. The summed E-state index contributed by atoms with van der Waals surface area (Å²) in [4.78, 5) is 22.7. The van der Waals surface area contributed by atoms with Crippen LogP contribution in [0.4, 0.5) is 17.2 Å². The number of nitrogens with zero attached hydrogens (tertiary/aromatic N) is 4. The summed E-state index contributed by atoms with van der Waals surface area (Å²) in [7, 11) is 0. The van der Waals surface area contributed by atoms with Gasteiger partial charge in [-0.05, 0) is 20.8 Å². The Labute approximate surface area is 154 Å². The number of pyridine rings is 1. The number of ether oxygens (including phenoxy) is 1. The van der Waals surface area contributed by atoms with E-state index in [0.717, 1.165) is 35.6 Å². The van der Waals surface area contributed by atoms with Crippen molar-refractivity contribution in [3.63, 3.8) is 0 Å². The maximum Gasteiger partial charge on any atom is 0.254 e. The quantitative estimate of drug-likeness (QED) is 0.625. The molecule has 1 atom stereocenters. The van der Waals surface area contributed by atoms with E-state index >= 15 is 0 Å². The molecule has 1 saturated heterocycles. The third-order valence-corrected chi connectivity index (χ3v) is 5.61. The van der Waals surface area contributed by atoms with Gasteiger partial charge in [0.1, 0.15) is 12.6 Å². The third-order valence-electron chi connectivity index (χ3n) is 5.61. The van der Waals surface area contributed by atoms with E-state index < -0.39 is 0 Å². The number of quaternary nitrogens is 1. The number of amidine groups is 1. The molecule has 4 N–H and O–H groups in total. The van der Waals surface area contributed by atoms with E-state index in [1.807, 2.05) is 25.7 Å². The van der Waals surface area contributed by atoms with Gasteiger partial charge in [0, 0.05) is 50.7 Å². The molecule has 26 heavy (non-hydrogen) atoms. The van der Waals surface area contributed by atoms with Gasteiger partial charge in [-0.15, -0.1) is 0 Å². The topological polar surface area (TPSA) is 107 Å². The molecular weight excluding hydrogens is 332 g/mol. The van der Waals surface area contributed by atoms with Crippen molar-refractivity contribution in [2.45, 2.75) is 46.6 Å². The second-order valence-electron chi connectivity index (χ2n) is 7.08. The Balaban J connectivity index is 2.03. The van der Waals surface area contributed by atoms with Crippen LogP contribution in [0.1, 0.15) is 37.9 Å². The van der Waals surface area contributed by atoms with Gasteiger partial charge in [0.05, 0.1) is 0 Å². The van der Waals surface area contributed by atoms with Crippen molar-refractivity contribution in [3.8, 4) is 0 Å². The molecule has 0 bridgehead atoms. The first-order valence-electron chi connectivity index (χ1n) is 9.16. The van der Waals surface area contributed by atoms with Crippen LogP contribution in [0.3, 0.4) is 0 Å². The van der Waals surface area contributed by atoms with Crippen molar-refractivity contribution in [3.05, 3.63) is 11.3 Å². The fraction of sp³-hybridized carbons (Fsp3) is 0.611. The summed E-state index contributed by atoms with van der Waals surface area (Å²) < 4.78 is 5.76. The Morgan fingerprint density at radius 2 is 2.00 bits per heavy atom. The zero-order valence-electron chi connectivity index (χ0n) is 16.1. The van der Waals surface area contributed by atoms with Crippen LogP contribution in [0.2, 0.25) is 0 Å². The summed E-state index contributed by atoms with van der Waals surface area (Å²) in [6, 6.07) is 0.117. The van der Waals surface area contributed by atoms with Crippen LogP contribution in [-0.2, 0) is 9.53 Å². The number of nitrogen functional groups attached to an aromatic ring is 1. The number of hydrogen-bond donors (Lipinski definition) is 2. The molecule has 1 fully saturated rings. The molecule has 3 rings (SSSR count). The summed E-state index contributed by atoms with van der Waals surface area (Å²) in [6.07, 6.45) is 1.61. The number of hydrogen-bond acceptors (Lipinski definition) is 6. The lowest BCUT2D eigenvalue weighted by atomic mass is 9.99. The molecule has 0 radical (unpaired) electrons. The van der Waals surface area contributed by atoms with Crippen molar-refractivity contribution >= 4 is 28.9 Å². The molecule has 0 spiro atoms. The largest absolute Gasteiger partial charge is 0.382 e. The number of likely N-dealkylation sites (tertiary alicyclic amines) is 1. The number of aliphatic imine (C=N–C) groups is 1. The van der Waals surface area contributed by atoms with E-state index in [9.17, 15) is 4.79 Å². The number of anilines is 1. The minimum atomic E-state index is 0.109. The number of aromatic nitrogens is 1. The van der Waals surface area contributed by atoms with Gasteiger partial charge in [0.15, 0.2) is 17.2 Å². The van der Waals surface area contributed by atoms with Crippen molar-refractivity contribution in [2.24, 2.45) is 10.8 Å². The second kappa shape index (κ2) is 6.94. The van der Waals surface area contributed by atoms with E-state index in [1.165, 1.54) is 0 Å². The first-order valence-corrected chi connectivity index (χ1v) is 9.16. The molecular formula is C18H29N6O2+. The number of nitrogens with two attached hydrogens (primary N) is 2. The third kappa shape index (κ3) is 2.87. The molecule has 0 saturated carbocycles. The van der Waals surface area contributed by atoms with E-state index in [4.69, 9.17) is 21.3 Å². The van der Waals surface area contributed by atoms with Gasteiger partial charge in [-0.2, -0.15) is 15.4 Å². The Morgan fingerprint density at radius 1 is 1.35 bits per heavy atom. The summed E-state index contributed by atoms with van der Waals surface area (Å²) in [5.74, 6) is 8.30. The minimum absolute atomic E-state index is 0.109. The van der Waals surface area contributed by atoms with Crippen LogP contribution in [0.15, 0.2) is 4.99 Å². The van der Waals surface area contributed by atoms with Crippen molar-refractivity contribution in [1.82, 2.24) is 14.5 Å². The van der Waals surface area contributed by atoms with Gasteiger partial charge < -0.3 is 15.4 Å². The predicted molar refractivity (Wildman–Crippen MR) is 103 cm³/mol. The maximum absolute atomic E-state index is 11.7. The molecule has 0 aromatic carbocycles. The van der Waals surface area contributed by atoms with Crippen molar-refractivity contribution < 1.29 is 9.53 Å².